The van der Waals surface area contributed by atoms with Gasteiger partial charge in [0.15, 0.2) is 0 Å². The minimum atomic E-state index is -1.07. The molecule has 0 heterocycles. The standard InChI is InChI=1S/C13H16FN3O4/c1-13(12(15)18,16-8-2-3-8)7-21-9-4-5-11(17(19)20)10(14)6-9/h4-6,8,16H,2-3,7H2,1H3,(H2,15,18). The summed E-state index contributed by atoms with van der Waals surface area (Å²) in [5.74, 6) is -1.46. The summed E-state index contributed by atoms with van der Waals surface area (Å²) in [7, 11) is 0. The van der Waals surface area contributed by atoms with Gasteiger partial charge in [0, 0.05) is 18.2 Å². The van der Waals surface area contributed by atoms with Crippen LogP contribution in [0.1, 0.15) is 19.8 Å². The number of hydrogen-bond acceptors (Lipinski definition) is 5. The molecule has 1 aromatic carbocycles. The predicted octanol–water partition coefficient (Wildman–Crippen LogP) is 1.11. The van der Waals surface area contributed by atoms with Crippen molar-refractivity contribution in [2.75, 3.05) is 6.61 Å². The van der Waals surface area contributed by atoms with Crippen molar-refractivity contribution in [1.82, 2.24) is 5.32 Å². The molecule has 0 saturated heterocycles. The number of ether oxygens (including phenoxy) is 1. The van der Waals surface area contributed by atoms with E-state index >= 15 is 0 Å². The molecule has 0 aliphatic heterocycles. The lowest BCUT2D eigenvalue weighted by Gasteiger charge is -2.27. The second kappa shape index (κ2) is 5.65. The lowest BCUT2D eigenvalue weighted by Crippen LogP contribution is -2.57. The maximum atomic E-state index is 13.5. The van der Waals surface area contributed by atoms with Gasteiger partial charge in [-0.05, 0) is 25.8 Å². The van der Waals surface area contributed by atoms with Crippen LogP contribution in [-0.2, 0) is 4.79 Å². The molecule has 1 atom stereocenters. The fraction of sp³-hybridized carbons (Fsp3) is 0.462. The molecule has 21 heavy (non-hydrogen) atoms. The highest BCUT2D eigenvalue weighted by Gasteiger charge is 2.37. The molecule has 114 valence electrons. The zero-order chi connectivity index (χ0) is 15.6. The Morgan fingerprint density at radius 3 is 2.76 bits per heavy atom. The Kier molecular flexibility index (Phi) is 4.08. The van der Waals surface area contributed by atoms with Crippen molar-refractivity contribution >= 4 is 11.6 Å². The van der Waals surface area contributed by atoms with E-state index in [0.29, 0.717) is 0 Å². The zero-order valence-corrected chi connectivity index (χ0v) is 11.5. The first-order valence-electron chi connectivity index (χ1n) is 6.46. The van der Waals surface area contributed by atoms with Gasteiger partial charge in [0.1, 0.15) is 17.9 Å². The van der Waals surface area contributed by atoms with Gasteiger partial charge in [0.25, 0.3) is 0 Å². The second-order valence-corrected chi connectivity index (χ2v) is 5.27. The number of carbonyl (C=O) groups is 1. The molecule has 3 N–H and O–H groups in total. The molecule has 0 spiro atoms. The Hall–Kier alpha value is -2.22. The number of rotatable bonds is 7. The Bertz CT molecular complexity index is 577. The van der Waals surface area contributed by atoms with Gasteiger partial charge in [-0.1, -0.05) is 0 Å². The summed E-state index contributed by atoms with van der Waals surface area (Å²) in [6.07, 6.45) is 1.93. The van der Waals surface area contributed by atoms with E-state index in [1.54, 1.807) is 6.92 Å². The number of hydrogen-bond donors (Lipinski definition) is 2. The van der Waals surface area contributed by atoms with Crippen molar-refractivity contribution in [3.8, 4) is 5.75 Å². The van der Waals surface area contributed by atoms with E-state index in [1.807, 2.05) is 0 Å². The normalized spacial score (nSPS) is 17.0. The van der Waals surface area contributed by atoms with Crippen LogP contribution in [0.15, 0.2) is 18.2 Å². The van der Waals surface area contributed by atoms with Crippen molar-refractivity contribution in [2.45, 2.75) is 31.3 Å². The van der Waals surface area contributed by atoms with Crippen LogP contribution in [0, 0.1) is 15.9 Å². The Balaban J connectivity index is 2.05. The number of halogens is 1. The minimum absolute atomic E-state index is 0.0872. The largest absolute Gasteiger partial charge is 0.491 e. The summed E-state index contributed by atoms with van der Waals surface area (Å²) in [6.45, 7) is 1.52. The minimum Gasteiger partial charge on any atom is -0.491 e. The number of nitrogens with one attached hydrogen (secondary N) is 1. The van der Waals surface area contributed by atoms with Gasteiger partial charge in [-0.2, -0.15) is 4.39 Å². The smallest absolute Gasteiger partial charge is 0.305 e. The van der Waals surface area contributed by atoms with Gasteiger partial charge < -0.3 is 10.5 Å². The van der Waals surface area contributed by atoms with E-state index in [2.05, 4.69) is 5.32 Å². The average Bonchev–Trinajstić information content (AvgIpc) is 3.19. The highest BCUT2D eigenvalue weighted by atomic mass is 19.1. The van der Waals surface area contributed by atoms with E-state index in [-0.39, 0.29) is 18.4 Å². The van der Waals surface area contributed by atoms with Gasteiger partial charge in [-0.25, -0.2) is 0 Å². The van der Waals surface area contributed by atoms with Crippen molar-refractivity contribution in [3.05, 3.63) is 34.1 Å². The van der Waals surface area contributed by atoms with Gasteiger partial charge in [-0.15, -0.1) is 0 Å². The van der Waals surface area contributed by atoms with Crippen LogP contribution in [0.3, 0.4) is 0 Å². The summed E-state index contributed by atoms with van der Waals surface area (Å²) in [4.78, 5) is 21.2. The zero-order valence-electron chi connectivity index (χ0n) is 11.5. The number of nitrogens with two attached hydrogens (primary N) is 1. The first-order chi connectivity index (χ1) is 9.82. The van der Waals surface area contributed by atoms with Crippen LogP contribution in [0.5, 0.6) is 5.75 Å². The summed E-state index contributed by atoms with van der Waals surface area (Å²) in [5.41, 5.74) is 3.66. The summed E-state index contributed by atoms with van der Waals surface area (Å²) in [5, 5.41) is 13.6. The summed E-state index contributed by atoms with van der Waals surface area (Å²) in [6, 6.07) is 3.44. The molecule has 1 aliphatic rings. The van der Waals surface area contributed by atoms with Gasteiger partial charge in [0.2, 0.25) is 11.7 Å². The monoisotopic (exact) mass is 297 g/mol. The topological polar surface area (TPSA) is 107 Å². The average molecular weight is 297 g/mol. The molecule has 1 aromatic rings. The van der Waals surface area contributed by atoms with Crippen LogP contribution in [-0.4, -0.2) is 29.0 Å². The lowest BCUT2D eigenvalue weighted by molar-refractivity contribution is -0.387. The molecule has 1 unspecified atom stereocenters. The molecule has 1 fully saturated rings. The van der Waals surface area contributed by atoms with Crippen molar-refractivity contribution in [2.24, 2.45) is 5.73 Å². The van der Waals surface area contributed by atoms with Crippen molar-refractivity contribution in [3.63, 3.8) is 0 Å². The molecule has 1 amide bonds. The van der Waals surface area contributed by atoms with E-state index in [1.165, 1.54) is 6.07 Å². The summed E-state index contributed by atoms with van der Waals surface area (Å²) < 4.78 is 18.8. The number of nitro groups is 1. The van der Waals surface area contributed by atoms with Gasteiger partial charge in [-0.3, -0.25) is 20.2 Å². The van der Waals surface area contributed by atoms with Crippen molar-refractivity contribution < 1.29 is 18.8 Å². The molecular formula is C13H16FN3O4. The maximum Gasteiger partial charge on any atom is 0.305 e. The molecule has 0 bridgehead atoms. The fourth-order valence-electron chi connectivity index (χ4n) is 1.82. The Morgan fingerprint density at radius 2 is 2.29 bits per heavy atom. The van der Waals surface area contributed by atoms with Crippen LogP contribution >= 0.6 is 0 Å². The van der Waals surface area contributed by atoms with Crippen LogP contribution in [0.25, 0.3) is 0 Å². The number of carbonyl (C=O) groups excluding carboxylic acids is 1. The van der Waals surface area contributed by atoms with Crippen LogP contribution < -0.4 is 15.8 Å². The Labute approximate surface area is 120 Å². The molecule has 8 heteroatoms. The SMILES string of the molecule is CC(COc1ccc([N+](=O)[O-])c(F)c1)(NC1CC1)C(N)=O. The fourth-order valence-corrected chi connectivity index (χ4v) is 1.82. The maximum absolute atomic E-state index is 13.5. The van der Waals surface area contributed by atoms with E-state index in [0.717, 1.165) is 25.0 Å². The molecule has 1 aliphatic carbocycles. The first-order valence-corrected chi connectivity index (χ1v) is 6.46. The van der Waals surface area contributed by atoms with Crippen LogP contribution in [0.4, 0.5) is 10.1 Å². The van der Waals surface area contributed by atoms with Gasteiger partial charge in [0.05, 0.1) is 4.92 Å². The first kappa shape index (κ1) is 15.2. The second-order valence-electron chi connectivity index (χ2n) is 5.27. The molecule has 2 rings (SSSR count). The summed E-state index contributed by atoms with van der Waals surface area (Å²) >= 11 is 0. The third kappa shape index (κ3) is 3.66. The van der Waals surface area contributed by atoms with Crippen LogP contribution in [0.2, 0.25) is 0 Å². The van der Waals surface area contributed by atoms with E-state index in [9.17, 15) is 19.3 Å². The molecule has 7 nitrogen and oxygen atoms in total. The molecule has 0 aromatic heterocycles. The number of nitro benzene ring substituents is 1. The molecule has 0 radical (unpaired) electrons. The third-order valence-electron chi connectivity index (χ3n) is 3.29. The number of benzene rings is 1. The lowest BCUT2D eigenvalue weighted by atomic mass is 10.0. The molecule has 1 saturated carbocycles. The van der Waals surface area contributed by atoms with E-state index < -0.39 is 27.9 Å². The van der Waals surface area contributed by atoms with Gasteiger partial charge >= 0.3 is 5.69 Å². The number of primary amides is 1. The van der Waals surface area contributed by atoms with E-state index in [4.69, 9.17) is 10.5 Å². The number of nitrogens with zero attached hydrogens (tertiary/aromatic N) is 1. The predicted molar refractivity (Wildman–Crippen MR) is 72.3 cm³/mol. The Morgan fingerprint density at radius 1 is 1.62 bits per heavy atom. The van der Waals surface area contributed by atoms with Crippen molar-refractivity contribution in [1.29, 1.82) is 0 Å². The quantitative estimate of drug-likeness (QED) is 0.579. The highest BCUT2D eigenvalue weighted by molar-refractivity contribution is 5.84. The third-order valence-corrected chi connectivity index (χ3v) is 3.29. The highest BCUT2D eigenvalue weighted by Crippen LogP contribution is 2.25. The molecular weight excluding hydrogens is 281 g/mol. The number of amides is 1.